The number of phenolic OH excluding ortho intramolecular Hbond substituents is 1. The first kappa shape index (κ1) is 18.0. The number of carbonyl (C=O) groups excluding carboxylic acids is 1. The topological polar surface area (TPSA) is 74.5 Å². The minimum atomic E-state index is -0.00185. The average molecular weight is 369 g/mol. The van der Waals surface area contributed by atoms with Crippen LogP contribution in [-0.4, -0.2) is 62.0 Å². The van der Waals surface area contributed by atoms with Gasteiger partial charge in [0.05, 0.1) is 5.69 Å². The van der Waals surface area contributed by atoms with Crippen LogP contribution in [0.25, 0.3) is 0 Å². The van der Waals surface area contributed by atoms with Gasteiger partial charge in [0.25, 0.3) is 5.91 Å². The van der Waals surface area contributed by atoms with Crippen LogP contribution in [0.3, 0.4) is 0 Å². The molecule has 0 atom stereocenters. The van der Waals surface area contributed by atoms with E-state index in [0.29, 0.717) is 11.5 Å². The summed E-state index contributed by atoms with van der Waals surface area (Å²) in [5.74, 6) is 0.643. The average Bonchev–Trinajstić information content (AvgIpc) is 3.34. The lowest BCUT2D eigenvalue weighted by Crippen LogP contribution is -2.39. The van der Waals surface area contributed by atoms with E-state index in [1.165, 1.54) is 32.0 Å². The first-order chi connectivity index (χ1) is 13.2. The molecule has 0 unspecified atom stereocenters. The number of piperidine rings is 1. The number of hydrogen-bond acceptors (Lipinski definition) is 5. The second kappa shape index (κ2) is 8.08. The summed E-state index contributed by atoms with van der Waals surface area (Å²) >= 11 is 0. The van der Waals surface area contributed by atoms with Gasteiger partial charge in [0, 0.05) is 37.9 Å². The van der Waals surface area contributed by atoms with Crippen LogP contribution < -0.4 is 0 Å². The van der Waals surface area contributed by atoms with Gasteiger partial charge in [-0.2, -0.15) is 0 Å². The molecule has 27 heavy (non-hydrogen) atoms. The number of benzene rings is 1. The summed E-state index contributed by atoms with van der Waals surface area (Å²) in [6.45, 7) is 5.58. The highest BCUT2D eigenvalue weighted by Gasteiger charge is 2.24. The Morgan fingerprint density at radius 3 is 2.67 bits per heavy atom. The lowest BCUT2D eigenvalue weighted by Gasteiger charge is -2.32. The summed E-state index contributed by atoms with van der Waals surface area (Å²) in [4.78, 5) is 16.9. The van der Waals surface area contributed by atoms with Crippen LogP contribution >= 0.6 is 0 Å². The number of carbonyl (C=O) groups is 1. The molecule has 1 aromatic carbocycles. The van der Waals surface area contributed by atoms with Crippen molar-refractivity contribution in [1.29, 1.82) is 0 Å². The third-order valence-corrected chi connectivity index (χ3v) is 5.61. The maximum Gasteiger partial charge on any atom is 0.253 e. The molecule has 0 spiro atoms. The third kappa shape index (κ3) is 4.47. The SMILES string of the molecule is O=C(c1cccc(O)c1)N1CCC(Cn2cc(CN3CCCC3)nn2)CC1. The number of amides is 1. The quantitative estimate of drug-likeness (QED) is 0.874. The van der Waals surface area contributed by atoms with Gasteiger partial charge in [-0.25, -0.2) is 0 Å². The Balaban J connectivity index is 1.27. The molecule has 1 amide bonds. The van der Waals surface area contributed by atoms with Crippen molar-refractivity contribution in [2.24, 2.45) is 5.92 Å². The number of rotatable bonds is 5. The molecule has 0 aliphatic carbocycles. The number of aromatic nitrogens is 3. The number of phenols is 1. The molecule has 2 aliphatic rings. The summed E-state index contributed by atoms with van der Waals surface area (Å²) in [6.07, 6.45) is 6.57. The van der Waals surface area contributed by atoms with E-state index in [0.717, 1.165) is 44.7 Å². The standard InChI is InChI=1S/C20H27N5O2/c26-19-5-3-4-17(12-19)20(27)24-10-6-16(7-11-24)13-25-15-18(21-22-25)14-23-8-1-2-9-23/h3-5,12,15-16,26H,1-2,6-11,13-14H2. The Morgan fingerprint density at radius 2 is 1.93 bits per heavy atom. The van der Waals surface area contributed by atoms with Crippen LogP contribution in [0.1, 0.15) is 41.7 Å². The van der Waals surface area contributed by atoms with E-state index in [-0.39, 0.29) is 11.7 Å². The molecule has 2 aliphatic heterocycles. The predicted octanol–water partition coefficient (Wildman–Crippen LogP) is 2.13. The van der Waals surface area contributed by atoms with Crippen molar-refractivity contribution in [2.45, 2.75) is 38.8 Å². The van der Waals surface area contributed by atoms with Crippen LogP contribution in [0.4, 0.5) is 0 Å². The first-order valence-electron chi connectivity index (χ1n) is 9.87. The fraction of sp³-hybridized carbons (Fsp3) is 0.550. The van der Waals surface area contributed by atoms with Gasteiger partial charge in [-0.15, -0.1) is 5.10 Å². The summed E-state index contributed by atoms with van der Waals surface area (Å²) in [6, 6.07) is 6.58. The molecule has 1 N–H and O–H groups in total. The largest absolute Gasteiger partial charge is 0.508 e. The molecular formula is C20H27N5O2. The fourth-order valence-electron chi connectivity index (χ4n) is 4.07. The molecule has 7 heteroatoms. The molecule has 0 bridgehead atoms. The van der Waals surface area contributed by atoms with E-state index in [1.54, 1.807) is 18.2 Å². The number of likely N-dealkylation sites (tertiary alicyclic amines) is 2. The summed E-state index contributed by atoms with van der Waals surface area (Å²) < 4.78 is 1.96. The highest BCUT2D eigenvalue weighted by molar-refractivity contribution is 5.94. The van der Waals surface area contributed by atoms with Gasteiger partial charge in [-0.05, 0) is 62.9 Å². The number of hydrogen-bond donors (Lipinski definition) is 1. The maximum atomic E-state index is 12.6. The molecule has 1 aromatic heterocycles. The normalized spacial score (nSPS) is 18.9. The second-order valence-corrected chi connectivity index (χ2v) is 7.70. The fourth-order valence-corrected chi connectivity index (χ4v) is 4.07. The third-order valence-electron chi connectivity index (χ3n) is 5.61. The van der Waals surface area contributed by atoms with Gasteiger partial charge in [0.15, 0.2) is 0 Å². The van der Waals surface area contributed by atoms with Crippen molar-refractivity contribution in [3.8, 4) is 5.75 Å². The molecule has 2 fully saturated rings. The molecule has 144 valence electrons. The Hall–Kier alpha value is -2.41. The van der Waals surface area contributed by atoms with E-state index in [1.807, 2.05) is 9.58 Å². The Morgan fingerprint density at radius 1 is 1.15 bits per heavy atom. The molecule has 7 nitrogen and oxygen atoms in total. The number of nitrogens with zero attached hydrogens (tertiary/aromatic N) is 5. The Bertz CT molecular complexity index is 776. The zero-order valence-electron chi connectivity index (χ0n) is 15.6. The van der Waals surface area contributed by atoms with Gasteiger partial charge in [0.1, 0.15) is 5.75 Å². The van der Waals surface area contributed by atoms with Crippen LogP contribution in [0.2, 0.25) is 0 Å². The molecule has 2 saturated heterocycles. The maximum absolute atomic E-state index is 12.6. The Kier molecular flexibility index (Phi) is 5.38. The van der Waals surface area contributed by atoms with Crippen molar-refractivity contribution in [3.05, 3.63) is 41.7 Å². The van der Waals surface area contributed by atoms with E-state index in [2.05, 4.69) is 21.4 Å². The van der Waals surface area contributed by atoms with Crippen molar-refractivity contribution in [3.63, 3.8) is 0 Å². The summed E-state index contributed by atoms with van der Waals surface area (Å²) in [5, 5.41) is 18.2. The van der Waals surface area contributed by atoms with Crippen molar-refractivity contribution >= 4 is 5.91 Å². The highest BCUT2D eigenvalue weighted by Crippen LogP contribution is 2.22. The smallest absolute Gasteiger partial charge is 0.253 e. The first-order valence-corrected chi connectivity index (χ1v) is 9.87. The zero-order valence-corrected chi connectivity index (χ0v) is 15.6. The summed E-state index contributed by atoms with van der Waals surface area (Å²) in [5.41, 5.74) is 1.60. The van der Waals surface area contributed by atoms with E-state index in [9.17, 15) is 9.90 Å². The lowest BCUT2D eigenvalue weighted by atomic mass is 9.96. The second-order valence-electron chi connectivity index (χ2n) is 7.70. The van der Waals surface area contributed by atoms with Gasteiger partial charge >= 0.3 is 0 Å². The summed E-state index contributed by atoms with van der Waals surface area (Å²) in [7, 11) is 0. The van der Waals surface area contributed by atoms with Gasteiger partial charge in [-0.1, -0.05) is 11.3 Å². The monoisotopic (exact) mass is 369 g/mol. The number of aromatic hydroxyl groups is 1. The minimum absolute atomic E-state index is 0.00185. The van der Waals surface area contributed by atoms with Crippen LogP contribution in [0.5, 0.6) is 5.75 Å². The zero-order chi connectivity index (χ0) is 18.6. The molecule has 2 aromatic rings. The van der Waals surface area contributed by atoms with Crippen molar-refractivity contribution < 1.29 is 9.90 Å². The highest BCUT2D eigenvalue weighted by atomic mass is 16.3. The van der Waals surface area contributed by atoms with Gasteiger partial charge in [0.2, 0.25) is 0 Å². The van der Waals surface area contributed by atoms with Gasteiger partial charge < -0.3 is 10.0 Å². The molecular weight excluding hydrogens is 342 g/mol. The van der Waals surface area contributed by atoms with Crippen molar-refractivity contribution in [2.75, 3.05) is 26.2 Å². The van der Waals surface area contributed by atoms with Crippen LogP contribution in [-0.2, 0) is 13.1 Å². The molecule has 0 saturated carbocycles. The molecule has 4 rings (SSSR count). The lowest BCUT2D eigenvalue weighted by molar-refractivity contribution is 0.0680. The van der Waals surface area contributed by atoms with Crippen LogP contribution in [0, 0.1) is 5.92 Å². The predicted molar refractivity (Wildman–Crippen MR) is 101 cm³/mol. The Labute approximate surface area is 159 Å². The van der Waals surface area contributed by atoms with E-state index >= 15 is 0 Å². The molecule has 3 heterocycles. The van der Waals surface area contributed by atoms with Crippen LogP contribution in [0.15, 0.2) is 30.5 Å². The van der Waals surface area contributed by atoms with Gasteiger partial charge in [-0.3, -0.25) is 14.4 Å². The van der Waals surface area contributed by atoms with E-state index < -0.39 is 0 Å². The molecule has 0 radical (unpaired) electrons. The van der Waals surface area contributed by atoms with Crippen molar-refractivity contribution in [1.82, 2.24) is 24.8 Å². The minimum Gasteiger partial charge on any atom is -0.508 e. The van der Waals surface area contributed by atoms with E-state index in [4.69, 9.17) is 0 Å².